The van der Waals surface area contributed by atoms with E-state index in [0.717, 1.165) is 24.8 Å². The number of piperidine rings is 1. The van der Waals surface area contributed by atoms with Gasteiger partial charge in [0.1, 0.15) is 5.76 Å². The van der Waals surface area contributed by atoms with Crippen LogP contribution in [0.5, 0.6) is 0 Å². The average molecular weight is 304 g/mol. The number of nitrogens with one attached hydrogen (secondary N) is 1. The molecule has 1 fully saturated rings. The first-order valence-corrected chi connectivity index (χ1v) is 8.71. The summed E-state index contributed by atoms with van der Waals surface area (Å²) < 4.78 is 5.39. The van der Waals surface area contributed by atoms with Gasteiger partial charge in [-0.15, -0.1) is 11.3 Å². The quantitative estimate of drug-likeness (QED) is 0.877. The van der Waals surface area contributed by atoms with Crippen molar-refractivity contribution < 1.29 is 4.42 Å². The average Bonchev–Trinajstić information content (AvgIpc) is 3.18. The number of hydrogen-bond acceptors (Lipinski definition) is 4. The van der Waals surface area contributed by atoms with Crippen LogP contribution in [0.1, 0.15) is 36.4 Å². The Balaban J connectivity index is 1.59. The van der Waals surface area contributed by atoms with Gasteiger partial charge in [-0.05, 0) is 55.4 Å². The van der Waals surface area contributed by atoms with E-state index < -0.39 is 0 Å². The fourth-order valence-corrected chi connectivity index (χ4v) is 3.84. The summed E-state index contributed by atoms with van der Waals surface area (Å²) in [4.78, 5) is 4.11. The summed E-state index contributed by atoms with van der Waals surface area (Å²) in [5.41, 5.74) is 0. The Kier molecular flexibility index (Phi) is 5.12. The van der Waals surface area contributed by atoms with Crippen LogP contribution in [-0.2, 0) is 6.54 Å². The number of thiophene rings is 1. The third kappa shape index (κ3) is 3.96. The third-order valence-electron chi connectivity index (χ3n) is 4.35. The summed E-state index contributed by atoms with van der Waals surface area (Å²) >= 11 is 1.87. The van der Waals surface area contributed by atoms with Crippen molar-refractivity contribution in [3.05, 3.63) is 46.5 Å². The molecule has 0 aromatic carbocycles. The first-order valence-electron chi connectivity index (χ1n) is 7.83. The van der Waals surface area contributed by atoms with E-state index in [1.807, 2.05) is 23.5 Å². The zero-order chi connectivity index (χ0) is 14.5. The summed E-state index contributed by atoms with van der Waals surface area (Å²) in [7, 11) is 0. The van der Waals surface area contributed by atoms with Crippen LogP contribution < -0.4 is 5.32 Å². The van der Waals surface area contributed by atoms with Gasteiger partial charge in [0, 0.05) is 11.4 Å². The molecule has 0 bridgehead atoms. The minimum absolute atomic E-state index is 0.493. The molecule has 3 nitrogen and oxygen atoms in total. The van der Waals surface area contributed by atoms with Gasteiger partial charge in [0.25, 0.3) is 0 Å². The Bertz CT molecular complexity index is 501. The molecule has 3 rings (SSSR count). The van der Waals surface area contributed by atoms with Crippen molar-refractivity contribution in [3.63, 3.8) is 0 Å². The number of rotatable bonds is 6. The predicted molar refractivity (Wildman–Crippen MR) is 87.4 cm³/mol. The van der Waals surface area contributed by atoms with Crippen molar-refractivity contribution >= 4 is 11.3 Å². The fourth-order valence-electron chi connectivity index (χ4n) is 2.98. The third-order valence-corrected chi connectivity index (χ3v) is 5.32. The molecule has 3 heterocycles. The molecule has 1 saturated heterocycles. The summed E-state index contributed by atoms with van der Waals surface area (Å²) in [5.74, 6) is 1.88. The molecule has 0 amide bonds. The monoisotopic (exact) mass is 304 g/mol. The normalized spacial score (nSPS) is 18.9. The molecule has 1 aliphatic heterocycles. The molecule has 114 valence electrons. The van der Waals surface area contributed by atoms with Crippen molar-refractivity contribution in [1.82, 2.24) is 10.2 Å². The van der Waals surface area contributed by atoms with E-state index in [1.165, 1.54) is 30.8 Å². The maximum absolute atomic E-state index is 5.39. The molecular weight excluding hydrogens is 280 g/mol. The van der Waals surface area contributed by atoms with E-state index in [9.17, 15) is 0 Å². The summed E-state index contributed by atoms with van der Waals surface area (Å²) in [6, 6.07) is 8.89. The number of likely N-dealkylation sites (tertiary alicyclic amines) is 1. The second-order valence-electron chi connectivity index (χ2n) is 5.96. The van der Waals surface area contributed by atoms with Gasteiger partial charge in [-0.3, -0.25) is 4.90 Å². The SMILES string of the molecule is CC1CCN(C(CNCc2ccco2)c2cccs2)CC1. The first-order chi connectivity index (χ1) is 10.3. The van der Waals surface area contributed by atoms with Gasteiger partial charge in [0.2, 0.25) is 0 Å². The highest BCUT2D eigenvalue weighted by molar-refractivity contribution is 7.10. The van der Waals surface area contributed by atoms with Crippen LogP contribution in [0.25, 0.3) is 0 Å². The lowest BCUT2D eigenvalue weighted by atomic mass is 9.97. The molecule has 1 N–H and O–H groups in total. The highest BCUT2D eigenvalue weighted by atomic mass is 32.1. The molecule has 21 heavy (non-hydrogen) atoms. The first kappa shape index (κ1) is 14.8. The second kappa shape index (κ2) is 7.25. The zero-order valence-corrected chi connectivity index (χ0v) is 13.4. The van der Waals surface area contributed by atoms with Crippen molar-refractivity contribution in [2.75, 3.05) is 19.6 Å². The lowest BCUT2D eigenvalue weighted by Crippen LogP contribution is -2.40. The molecule has 1 aliphatic rings. The highest BCUT2D eigenvalue weighted by Gasteiger charge is 2.24. The molecule has 0 aliphatic carbocycles. The lowest BCUT2D eigenvalue weighted by Gasteiger charge is -2.36. The summed E-state index contributed by atoms with van der Waals surface area (Å²) in [6.07, 6.45) is 4.37. The van der Waals surface area contributed by atoms with Crippen molar-refractivity contribution in [3.8, 4) is 0 Å². The number of hydrogen-bond donors (Lipinski definition) is 1. The van der Waals surface area contributed by atoms with Gasteiger partial charge < -0.3 is 9.73 Å². The second-order valence-corrected chi connectivity index (χ2v) is 6.94. The maximum Gasteiger partial charge on any atom is 0.117 e. The topological polar surface area (TPSA) is 28.4 Å². The van der Waals surface area contributed by atoms with Crippen LogP contribution >= 0.6 is 11.3 Å². The van der Waals surface area contributed by atoms with Gasteiger partial charge in [-0.1, -0.05) is 13.0 Å². The van der Waals surface area contributed by atoms with Crippen LogP contribution in [0, 0.1) is 5.92 Å². The lowest BCUT2D eigenvalue weighted by molar-refractivity contribution is 0.137. The Morgan fingerprint density at radius 3 is 2.86 bits per heavy atom. The van der Waals surface area contributed by atoms with Gasteiger partial charge in [-0.2, -0.15) is 0 Å². The van der Waals surface area contributed by atoms with Crippen LogP contribution in [0.3, 0.4) is 0 Å². The van der Waals surface area contributed by atoms with E-state index in [0.29, 0.717) is 6.04 Å². The number of nitrogens with zero attached hydrogens (tertiary/aromatic N) is 1. The molecule has 4 heteroatoms. The molecule has 1 atom stereocenters. The van der Waals surface area contributed by atoms with E-state index in [2.05, 4.69) is 34.7 Å². The zero-order valence-electron chi connectivity index (χ0n) is 12.6. The van der Waals surface area contributed by atoms with E-state index in [4.69, 9.17) is 4.42 Å². The standard InChI is InChI=1S/C17H24N2OS/c1-14-6-8-19(9-7-14)16(17-5-3-11-21-17)13-18-12-15-4-2-10-20-15/h2-5,10-11,14,16,18H,6-9,12-13H2,1H3. The Morgan fingerprint density at radius 1 is 1.33 bits per heavy atom. The molecule has 2 aromatic rings. The predicted octanol–water partition coefficient (Wildman–Crippen LogP) is 3.90. The Labute approximate surface area is 131 Å². The van der Waals surface area contributed by atoms with E-state index in [-0.39, 0.29) is 0 Å². The van der Waals surface area contributed by atoms with Crippen molar-refractivity contribution in [2.24, 2.45) is 5.92 Å². The minimum atomic E-state index is 0.493. The smallest absolute Gasteiger partial charge is 0.117 e. The Morgan fingerprint density at radius 2 is 2.19 bits per heavy atom. The molecule has 0 saturated carbocycles. The van der Waals surface area contributed by atoms with Gasteiger partial charge >= 0.3 is 0 Å². The van der Waals surface area contributed by atoms with Gasteiger partial charge in [0.15, 0.2) is 0 Å². The maximum atomic E-state index is 5.39. The molecule has 0 radical (unpaired) electrons. The number of furan rings is 1. The van der Waals surface area contributed by atoms with E-state index in [1.54, 1.807) is 6.26 Å². The summed E-state index contributed by atoms with van der Waals surface area (Å²) in [6.45, 7) is 6.58. The van der Waals surface area contributed by atoms with Crippen LogP contribution in [0.2, 0.25) is 0 Å². The van der Waals surface area contributed by atoms with E-state index >= 15 is 0 Å². The fraction of sp³-hybridized carbons (Fsp3) is 0.529. The minimum Gasteiger partial charge on any atom is -0.468 e. The van der Waals surface area contributed by atoms with Crippen LogP contribution in [0.15, 0.2) is 40.3 Å². The molecule has 2 aromatic heterocycles. The van der Waals surface area contributed by atoms with Crippen LogP contribution in [0.4, 0.5) is 0 Å². The largest absolute Gasteiger partial charge is 0.468 e. The molecular formula is C17H24N2OS. The van der Waals surface area contributed by atoms with Gasteiger partial charge in [-0.25, -0.2) is 0 Å². The molecule has 0 spiro atoms. The highest BCUT2D eigenvalue weighted by Crippen LogP contribution is 2.29. The van der Waals surface area contributed by atoms with Crippen molar-refractivity contribution in [1.29, 1.82) is 0 Å². The Hall–Kier alpha value is -1.10. The van der Waals surface area contributed by atoms with Crippen molar-refractivity contribution in [2.45, 2.75) is 32.4 Å². The van der Waals surface area contributed by atoms with Crippen LogP contribution in [-0.4, -0.2) is 24.5 Å². The summed E-state index contributed by atoms with van der Waals surface area (Å²) in [5, 5.41) is 5.74. The molecule has 1 unspecified atom stereocenters. The van der Waals surface area contributed by atoms with Gasteiger partial charge in [0.05, 0.1) is 18.8 Å².